The van der Waals surface area contributed by atoms with E-state index < -0.39 is 0 Å². The van der Waals surface area contributed by atoms with E-state index in [1.54, 1.807) is 28.4 Å². The van der Waals surface area contributed by atoms with E-state index in [0.717, 1.165) is 68.2 Å². The maximum atomic E-state index is 5.91. The van der Waals surface area contributed by atoms with Gasteiger partial charge in [-0.1, -0.05) is 12.1 Å². The number of aryl methyl sites for hydroxylation is 1. The Kier molecular flexibility index (Phi) is 5.52. The summed E-state index contributed by atoms with van der Waals surface area (Å²) in [5.74, 6) is 3.15. The Morgan fingerprint density at radius 1 is 0.774 bits per heavy atom. The van der Waals surface area contributed by atoms with Crippen LogP contribution < -0.4 is 18.9 Å². The van der Waals surface area contributed by atoms with Gasteiger partial charge in [-0.3, -0.25) is 4.99 Å². The predicted molar refractivity (Wildman–Crippen MR) is 126 cm³/mol. The smallest absolute Gasteiger partial charge is 0.131 e. The Labute approximate surface area is 183 Å². The number of fused-ring (bicyclic) bond motifs is 2. The van der Waals surface area contributed by atoms with Crippen molar-refractivity contribution in [2.75, 3.05) is 28.4 Å². The summed E-state index contributed by atoms with van der Waals surface area (Å²) in [6.07, 6.45) is 0.812. The summed E-state index contributed by atoms with van der Waals surface area (Å²) in [6, 6.07) is 10.3. The van der Waals surface area contributed by atoms with Crippen molar-refractivity contribution in [1.29, 1.82) is 0 Å². The summed E-state index contributed by atoms with van der Waals surface area (Å²) in [7, 11) is 6.78. The van der Waals surface area contributed by atoms with Crippen molar-refractivity contribution in [2.45, 2.75) is 33.2 Å². The topological polar surface area (TPSA) is 49.3 Å². The van der Waals surface area contributed by atoms with E-state index >= 15 is 0 Å². The number of rotatable bonds is 5. The van der Waals surface area contributed by atoms with Gasteiger partial charge in [-0.05, 0) is 61.4 Å². The van der Waals surface area contributed by atoms with Gasteiger partial charge in [0.2, 0.25) is 0 Å². The molecule has 1 atom stereocenters. The maximum absolute atomic E-state index is 5.91. The first-order valence-electron chi connectivity index (χ1n) is 10.4. The van der Waals surface area contributed by atoms with Crippen molar-refractivity contribution in [3.8, 4) is 34.1 Å². The molecule has 0 spiro atoms. The van der Waals surface area contributed by atoms with Crippen molar-refractivity contribution in [1.82, 2.24) is 0 Å². The molecule has 1 heterocycles. The van der Waals surface area contributed by atoms with Gasteiger partial charge < -0.3 is 18.9 Å². The second kappa shape index (κ2) is 8.14. The molecule has 0 N–H and O–H groups in total. The summed E-state index contributed by atoms with van der Waals surface area (Å²) in [6.45, 7) is 6.31. The van der Waals surface area contributed by atoms with E-state index in [2.05, 4.69) is 32.9 Å². The third-order valence-electron chi connectivity index (χ3n) is 6.05. The average Bonchev–Trinajstić information content (AvgIpc) is 2.77. The van der Waals surface area contributed by atoms with Crippen LogP contribution >= 0.6 is 0 Å². The van der Waals surface area contributed by atoms with Crippen LogP contribution in [0, 0.1) is 6.92 Å². The van der Waals surface area contributed by atoms with Crippen LogP contribution in [0.1, 0.15) is 30.5 Å². The van der Waals surface area contributed by atoms with E-state index in [9.17, 15) is 0 Å². The Morgan fingerprint density at radius 3 is 2.06 bits per heavy atom. The van der Waals surface area contributed by atoms with Gasteiger partial charge in [-0.2, -0.15) is 0 Å². The highest BCUT2D eigenvalue weighted by Gasteiger charge is 2.29. The molecule has 0 saturated heterocycles. The number of hydrogen-bond donors (Lipinski definition) is 0. The maximum Gasteiger partial charge on any atom is 0.131 e. The van der Waals surface area contributed by atoms with Crippen LogP contribution in [-0.4, -0.2) is 40.2 Å². The van der Waals surface area contributed by atoms with Gasteiger partial charge in [0.1, 0.15) is 23.0 Å². The Bertz CT molecular complexity index is 1200. The van der Waals surface area contributed by atoms with Gasteiger partial charge in [0.25, 0.3) is 0 Å². The Hall–Kier alpha value is -3.21. The second-order valence-corrected chi connectivity index (χ2v) is 7.93. The second-order valence-electron chi connectivity index (χ2n) is 7.93. The number of benzene rings is 3. The number of nitrogens with zero attached hydrogens (tertiary/aromatic N) is 1. The fraction of sp³-hybridized carbons (Fsp3) is 0.346. The van der Waals surface area contributed by atoms with Crippen molar-refractivity contribution >= 4 is 16.5 Å². The van der Waals surface area contributed by atoms with Crippen molar-refractivity contribution in [3.63, 3.8) is 0 Å². The molecule has 1 aliphatic rings. The molecule has 0 bridgehead atoms. The monoisotopic (exact) mass is 419 g/mol. The summed E-state index contributed by atoms with van der Waals surface area (Å²) < 4.78 is 23.1. The van der Waals surface area contributed by atoms with Gasteiger partial charge in [0, 0.05) is 22.9 Å². The molecule has 5 heteroatoms. The van der Waals surface area contributed by atoms with Crippen LogP contribution in [0.3, 0.4) is 0 Å². The van der Waals surface area contributed by atoms with Crippen LogP contribution in [0.15, 0.2) is 35.3 Å². The molecule has 0 amide bonds. The quantitative estimate of drug-likeness (QED) is 0.540. The lowest BCUT2D eigenvalue weighted by Crippen LogP contribution is -2.19. The van der Waals surface area contributed by atoms with Crippen molar-refractivity contribution in [2.24, 2.45) is 4.99 Å². The molecular weight excluding hydrogens is 390 g/mol. The van der Waals surface area contributed by atoms with Crippen LogP contribution in [0.5, 0.6) is 23.0 Å². The summed E-state index contributed by atoms with van der Waals surface area (Å²) in [5, 5.41) is 2.02. The zero-order chi connectivity index (χ0) is 22.3. The minimum Gasteiger partial charge on any atom is -0.496 e. The van der Waals surface area contributed by atoms with Gasteiger partial charge >= 0.3 is 0 Å². The van der Waals surface area contributed by atoms with Crippen LogP contribution in [0.2, 0.25) is 0 Å². The molecule has 0 fully saturated rings. The normalized spacial score (nSPS) is 15.3. The largest absolute Gasteiger partial charge is 0.496 e. The molecular formula is C26H29NO4. The number of aliphatic imine (C=N–C) groups is 1. The van der Waals surface area contributed by atoms with Crippen LogP contribution in [-0.2, 0) is 6.42 Å². The third-order valence-corrected chi connectivity index (χ3v) is 6.05. The molecule has 4 rings (SSSR count). The SMILES string of the molecule is COc1cc(OC)c(-c2c(C)cc(OC)c3c(OC)cccc23)c2c1C(C)=N[C@@H](C)C2. The summed E-state index contributed by atoms with van der Waals surface area (Å²) >= 11 is 0. The van der Waals surface area contributed by atoms with Gasteiger partial charge in [-0.15, -0.1) is 0 Å². The minimum absolute atomic E-state index is 0.183. The third kappa shape index (κ3) is 3.29. The zero-order valence-electron chi connectivity index (χ0n) is 19.3. The van der Waals surface area contributed by atoms with Crippen molar-refractivity contribution < 1.29 is 18.9 Å². The first kappa shape index (κ1) is 21.0. The van der Waals surface area contributed by atoms with E-state index in [1.807, 2.05) is 18.2 Å². The highest BCUT2D eigenvalue weighted by atomic mass is 16.5. The summed E-state index contributed by atoms with van der Waals surface area (Å²) in [4.78, 5) is 4.82. The van der Waals surface area contributed by atoms with E-state index in [1.165, 1.54) is 5.56 Å². The molecule has 3 aromatic rings. The minimum atomic E-state index is 0.183. The Morgan fingerprint density at radius 2 is 1.42 bits per heavy atom. The fourth-order valence-electron chi connectivity index (χ4n) is 4.83. The standard InChI is InChI=1S/C26H29NO4/c1-14-11-20(29-5)25-17(9-8-10-19(25)28-4)23(14)26-18-12-15(2)27-16(3)24(18)21(30-6)13-22(26)31-7/h8-11,13,15H,12H2,1-7H3/t15-/m0/s1. The molecule has 0 saturated carbocycles. The molecule has 1 aliphatic heterocycles. The highest BCUT2D eigenvalue weighted by Crippen LogP contribution is 2.49. The predicted octanol–water partition coefficient (Wildman–Crippen LogP) is 5.60. The molecule has 162 valence electrons. The van der Waals surface area contributed by atoms with Gasteiger partial charge in [0.15, 0.2) is 0 Å². The number of methoxy groups -OCH3 is 4. The number of ether oxygens (including phenoxy) is 4. The van der Waals surface area contributed by atoms with Crippen molar-refractivity contribution in [3.05, 3.63) is 47.0 Å². The lowest BCUT2D eigenvalue weighted by Gasteiger charge is -2.27. The van der Waals surface area contributed by atoms with E-state index in [-0.39, 0.29) is 6.04 Å². The van der Waals surface area contributed by atoms with Crippen LogP contribution in [0.4, 0.5) is 0 Å². The lowest BCUT2D eigenvalue weighted by atomic mass is 9.83. The van der Waals surface area contributed by atoms with Gasteiger partial charge in [0.05, 0.1) is 39.9 Å². The molecule has 0 radical (unpaired) electrons. The van der Waals surface area contributed by atoms with Gasteiger partial charge in [-0.25, -0.2) is 0 Å². The molecule has 5 nitrogen and oxygen atoms in total. The summed E-state index contributed by atoms with van der Waals surface area (Å²) in [5.41, 5.74) is 6.56. The molecule has 0 aliphatic carbocycles. The zero-order valence-corrected chi connectivity index (χ0v) is 19.3. The number of hydrogen-bond acceptors (Lipinski definition) is 5. The first-order chi connectivity index (χ1) is 14.9. The van der Waals surface area contributed by atoms with Crippen LogP contribution in [0.25, 0.3) is 21.9 Å². The fourth-order valence-corrected chi connectivity index (χ4v) is 4.83. The molecule has 0 aromatic heterocycles. The lowest BCUT2D eigenvalue weighted by molar-refractivity contribution is 0.393. The Balaban J connectivity index is 2.19. The first-order valence-corrected chi connectivity index (χ1v) is 10.4. The highest BCUT2D eigenvalue weighted by molar-refractivity contribution is 6.10. The average molecular weight is 420 g/mol. The molecule has 31 heavy (non-hydrogen) atoms. The molecule has 3 aromatic carbocycles. The molecule has 0 unspecified atom stereocenters. The van der Waals surface area contributed by atoms with E-state index in [0.29, 0.717) is 0 Å². The van der Waals surface area contributed by atoms with E-state index in [4.69, 9.17) is 23.9 Å².